The van der Waals surface area contributed by atoms with Crippen molar-refractivity contribution in [1.29, 1.82) is 0 Å². The Bertz CT molecular complexity index is 470. The predicted octanol–water partition coefficient (Wildman–Crippen LogP) is 3.43. The van der Waals surface area contributed by atoms with Crippen molar-refractivity contribution in [2.45, 2.75) is 31.9 Å². The molecule has 1 aliphatic carbocycles. The van der Waals surface area contributed by atoms with Gasteiger partial charge in [-0.3, -0.25) is 4.79 Å². The second-order valence-electron chi connectivity index (χ2n) is 4.83. The van der Waals surface area contributed by atoms with Crippen LogP contribution in [0, 0.1) is 5.92 Å². The summed E-state index contributed by atoms with van der Waals surface area (Å²) in [5.41, 5.74) is 0.309. The molecule has 0 spiro atoms. The van der Waals surface area contributed by atoms with Crippen molar-refractivity contribution in [3.63, 3.8) is 0 Å². The third-order valence-corrected chi connectivity index (χ3v) is 3.89. The van der Waals surface area contributed by atoms with Crippen LogP contribution in [0.5, 0.6) is 5.75 Å². The maximum atomic E-state index is 12.1. The van der Waals surface area contributed by atoms with Crippen molar-refractivity contribution in [3.8, 4) is 5.75 Å². The Kier molecular flexibility index (Phi) is 5.17. The number of ether oxygens (including phenoxy) is 1. The molecule has 0 radical (unpaired) electrons. The highest BCUT2D eigenvalue weighted by atomic mass is 35.5. The number of hydrogen-bond donors (Lipinski definition) is 1. The van der Waals surface area contributed by atoms with E-state index in [2.05, 4.69) is 10.1 Å². The first-order chi connectivity index (χ1) is 9.60. The van der Waals surface area contributed by atoms with Gasteiger partial charge in [-0.15, -0.1) is 11.6 Å². The maximum Gasteiger partial charge on any atom is 0.387 e. The first-order valence-electron chi connectivity index (χ1n) is 6.52. The lowest BCUT2D eigenvalue weighted by Crippen LogP contribution is -2.37. The molecule has 1 aromatic rings. The van der Waals surface area contributed by atoms with E-state index in [0.717, 1.165) is 19.3 Å². The predicted molar refractivity (Wildman–Crippen MR) is 72.4 cm³/mol. The van der Waals surface area contributed by atoms with Crippen molar-refractivity contribution in [2.75, 3.05) is 5.88 Å². The Labute approximate surface area is 121 Å². The van der Waals surface area contributed by atoms with Crippen molar-refractivity contribution < 1.29 is 18.3 Å². The molecule has 1 aromatic carbocycles. The van der Waals surface area contributed by atoms with Gasteiger partial charge in [-0.1, -0.05) is 12.5 Å². The molecule has 1 saturated carbocycles. The summed E-state index contributed by atoms with van der Waals surface area (Å²) in [6, 6.07) is 5.84. The van der Waals surface area contributed by atoms with E-state index in [0.29, 0.717) is 11.4 Å². The highest BCUT2D eigenvalue weighted by Gasteiger charge is 2.28. The van der Waals surface area contributed by atoms with Crippen molar-refractivity contribution in [3.05, 3.63) is 29.8 Å². The first kappa shape index (κ1) is 15.0. The third-order valence-electron chi connectivity index (χ3n) is 3.50. The lowest BCUT2D eigenvalue weighted by atomic mass is 10.1. The average Bonchev–Trinajstić information content (AvgIpc) is 2.85. The van der Waals surface area contributed by atoms with Crippen LogP contribution in [-0.4, -0.2) is 24.4 Å². The summed E-state index contributed by atoms with van der Waals surface area (Å²) in [7, 11) is 0. The van der Waals surface area contributed by atoms with Crippen molar-refractivity contribution in [2.24, 2.45) is 5.92 Å². The number of nitrogens with one attached hydrogen (secondary N) is 1. The molecule has 1 fully saturated rings. The van der Waals surface area contributed by atoms with Crippen LogP contribution in [0.1, 0.15) is 29.6 Å². The van der Waals surface area contributed by atoms with Crippen LogP contribution in [0.15, 0.2) is 24.3 Å². The van der Waals surface area contributed by atoms with Crippen LogP contribution in [-0.2, 0) is 0 Å². The van der Waals surface area contributed by atoms with E-state index in [-0.39, 0.29) is 23.6 Å². The van der Waals surface area contributed by atoms with Crippen LogP contribution in [0.25, 0.3) is 0 Å². The van der Waals surface area contributed by atoms with E-state index in [1.807, 2.05) is 0 Å². The lowest BCUT2D eigenvalue weighted by Gasteiger charge is -2.19. The minimum absolute atomic E-state index is 0.0204. The number of carbonyl (C=O) groups is 1. The molecule has 1 N–H and O–H groups in total. The van der Waals surface area contributed by atoms with Crippen molar-refractivity contribution in [1.82, 2.24) is 5.32 Å². The van der Waals surface area contributed by atoms with E-state index in [1.54, 1.807) is 6.07 Å². The Hall–Kier alpha value is -1.36. The van der Waals surface area contributed by atoms with E-state index in [1.165, 1.54) is 18.2 Å². The fraction of sp³-hybridized carbons (Fsp3) is 0.500. The first-order valence-corrected chi connectivity index (χ1v) is 7.05. The molecule has 20 heavy (non-hydrogen) atoms. The molecule has 2 unspecified atom stereocenters. The van der Waals surface area contributed by atoms with Gasteiger partial charge in [0.25, 0.3) is 5.91 Å². The normalized spacial score (nSPS) is 22.0. The Balaban J connectivity index is 2.01. The second kappa shape index (κ2) is 6.88. The number of amides is 1. The number of hydrogen-bond acceptors (Lipinski definition) is 2. The maximum absolute atomic E-state index is 12.1. The van der Waals surface area contributed by atoms with Gasteiger partial charge >= 0.3 is 6.61 Å². The molecule has 0 saturated heterocycles. The van der Waals surface area contributed by atoms with Gasteiger partial charge in [-0.25, -0.2) is 0 Å². The smallest absolute Gasteiger partial charge is 0.387 e. The minimum Gasteiger partial charge on any atom is -0.435 e. The molecule has 0 heterocycles. The zero-order valence-corrected chi connectivity index (χ0v) is 11.6. The van der Waals surface area contributed by atoms with Gasteiger partial charge in [-0.2, -0.15) is 8.78 Å². The Morgan fingerprint density at radius 3 is 2.95 bits per heavy atom. The van der Waals surface area contributed by atoms with Gasteiger partial charge in [0.05, 0.1) is 0 Å². The second-order valence-corrected chi connectivity index (χ2v) is 5.14. The van der Waals surface area contributed by atoms with E-state index in [9.17, 15) is 13.6 Å². The topological polar surface area (TPSA) is 38.3 Å². The van der Waals surface area contributed by atoms with Crippen LogP contribution in [0.3, 0.4) is 0 Å². The zero-order valence-electron chi connectivity index (χ0n) is 10.8. The van der Waals surface area contributed by atoms with Gasteiger partial charge in [0.1, 0.15) is 5.75 Å². The average molecular weight is 304 g/mol. The summed E-state index contributed by atoms with van der Waals surface area (Å²) in [6.45, 7) is -2.90. The van der Waals surface area contributed by atoms with E-state index >= 15 is 0 Å². The lowest BCUT2D eigenvalue weighted by molar-refractivity contribution is -0.0498. The summed E-state index contributed by atoms with van der Waals surface area (Å²) >= 11 is 5.86. The fourth-order valence-electron chi connectivity index (χ4n) is 2.48. The minimum atomic E-state index is -2.90. The van der Waals surface area contributed by atoms with Crippen LogP contribution < -0.4 is 10.1 Å². The number of alkyl halides is 3. The summed E-state index contributed by atoms with van der Waals surface area (Å²) in [4.78, 5) is 12.1. The zero-order chi connectivity index (χ0) is 14.5. The Morgan fingerprint density at radius 2 is 2.25 bits per heavy atom. The highest BCUT2D eigenvalue weighted by molar-refractivity contribution is 6.18. The van der Waals surface area contributed by atoms with Gasteiger partial charge in [-0.05, 0) is 37.0 Å². The van der Waals surface area contributed by atoms with Gasteiger partial charge in [0.2, 0.25) is 0 Å². The summed E-state index contributed by atoms with van der Waals surface area (Å²) in [5.74, 6) is 0.486. The molecule has 3 nitrogen and oxygen atoms in total. The molecular weight excluding hydrogens is 288 g/mol. The molecule has 2 rings (SSSR count). The molecule has 1 amide bonds. The number of rotatable bonds is 5. The van der Waals surface area contributed by atoms with Crippen LogP contribution in [0.2, 0.25) is 0 Å². The fourth-order valence-corrected chi connectivity index (χ4v) is 2.85. The quantitative estimate of drug-likeness (QED) is 0.846. The van der Waals surface area contributed by atoms with Gasteiger partial charge in [0, 0.05) is 17.5 Å². The molecule has 0 aliphatic heterocycles. The highest BCUT2D eigenvalue weighted by Crippen LogP contribution is 2.27. The summed E-state index contributed by atoms with van der Waals surface area (Å²) < 4.78 is 28.6. The number of benzene rings is 1. The third kappa shape index (κ3) is 3.82. The standard InChI is InChI=1S/C14H16ClF2NO2/c15-8-10-4-2-6-12(10)18-13(19)9-3-1-5-11(7-9)20-14(16)17/h1,3,5,7,10,12,14H,2,4,6,8H2,(H,18,19). The molecule has 1 aliphatic rings. The summed E-state index contributed by atoms with van der Waals surface area (Å²) in [5, 5.41) is 2.91. The number of halogens is 3. The molecular formula is C14H16ClF2NO2. The molecule has 110 valence electrons. The molecule has 6 heteroatoms. The molecule has 0 aromatic heterocycles. The largest absolute Gasteiger partial charge is 0.435 e. The molecule has 0 bridgehead atoms. The van der Waals surface area contributed by atoms with Gasteiger partial charge in [0.15, 0.2) is 0 Å². The molecule has 2 atom stereocenters. The van der Waals surface area contributed by atoms with Crippen molar-refractivity contribution >= 4 is 17.5 Å². The summed E-state index contributed by atoms with van der Waals surface area (Å²) in [6.07, 6.45) is 2.94. The van der Waals surface area contributed by atoms with Gasteiger partial charge < -0.3 is 10.1 Å². The van der Waals surface area contributed by atoms with Crippen LogP contribution >= 0.6 is 11.6 Å². The SMILES string of the molecule is O=C(NC1CCCC1CCl)c1cccc(OC(F)F)c1. The van der Waals surface area contributed by atoms with E-state index in [4.69, 9.17) is 11.6 Å². The monoisotopic (exact) mass is 303 g/mol. The van der Waals surface area contributed by atoms with Crippen LogP contribution in [0.4, 0.5) is 8.78 Å². The Morgan fingerprint density at radius 1 is 1.45 bits per heavy atom. The van der Waals surface area contributed by atoms with E-state index < -0.39 is 6.61 Å². The number of carbonyl (C=O) groups excluding carboxylic acids is 1.